The molecule has 2 rings (SSSR count). The van der Waals surface area contributed by atoms with E-state index < -0.39 is 0 Å². The van der Waals surface area contributed by atoms with Gasteiger partial charge in [0.2, 0.25) is 0 Å². The molecule has 4 heteroatoms. The summed E-state index contributed by atoms with van der Waals surface area (Å²) >= 11 is 3.52. The van der Waals surface area contributed by atoms with Gasteiger partial charge in [0.15, 0.2) is 0 Å². The number of halogens is 2. The second kappa shape index (κ2) is 4.17. The largest absolute Gasteiger partial charge is 0.324 e. The van der Waals surface area contributed by atoms with Crippen LogP contribution in [-0.4, -0.2) is 9.55 Å². The number of rotatable bonds is 2. The van der Waals surface area contributed by atoms with Gasteiger partial charge in [-0.25, -0.2) is 9.37 Å². The predicted octanol–water partition coefficient (Wildman–Crippen LogP) is 4.21. The Morgan fingerprint density at radius 2 is 2.00 bits per heavy atom. The molecule has 0 aliphatic rings. The minimum atomic E-state index is -0.241. The van der Waals surface area contributed by atoms with E-state index in [2.05, 4.69) is 39.3 Å². The van der Waals surface area contributed by atoms with Gasteiger partial charge in [0, 0.05) is 12.1 Å². The van der Waals surface area contributed by atoms with Crippen molar-refractivity contribution in [2.75, 3.05) is 0 Å². The van der Waals surface area contributed by atoms with Gasteiger partial charge < -0.3 is 4.57 Å². The van der Waals surface area contributed by atoms with Crippen LogP contribution in [0, 0.1) is 5.82 Å². The van der Waals surface area contributed by atoms with Crippen LogP contribution in [0.5, 0.6) is 0 Å². The van der Waals surface area contributed by atoms with Gasteiger partial charge in [-0.05, 0) is 32.9 Å². The molecule has 0 aliphatic heterocycles. The van der Waals surface area contributed by atoms with E-state index in [1.54, 1.807) is 6.07 Å². The van der Waals surface area contributed by atoms with Crippen molar-refractivity contribution in [3.63, 3.8) is 0 Å². The van der Waals surface area contributed by atoms with E-state index in [1.165, 1.54) is 12.1 Å². The highest BCUT2D eigenvalue weighted by atomic mass is 79.9. The minimum Gasteiger partial charge on any atom is -0.324 e. The summed E-state index contributed by atoms with van der Waals surface area (Å²) in [6.45, 7) is 6.23. The van der Waals surface area contributed by atoms with Gasteiger partial charge in [-0.1, -0.05) is 15.9 Å². The molecular formula is C12H14BrFN2. The lowest BCUT2D eigenvalue weighted by Gasteiger charge is -2.14. The van der Waals surface area contributed by atoms with Crippen LogP contribution < -0.4 is 0 Å². The summed E-state index contributed by atoms with van der Waals surface area (Å²) < 4.78 is 15.3. The molecule has 1 aromatic carbocycles. The molecule has 0 spiro atoms. The fraction of sp³-hybridized carbons (Fsp3) is 0.417. The lowest BCUT2D eigenvalue weighted by molar-refractivity contribution is 0.587. The summed E-state index contributed by atoms with van der Waals surface area (Å²) in [6.07, 6.45) is 0. The summed E-state index contributed by atoms with van der Waals surface area (Å²) in [4.78, 5) is 4.63. The van der Waals surface area contributed by atoms with Gasteiger partial charge >= 0.3 is 0 Å². The zero-order valence-electron chi connectivity index (χ0n) is 9.54. The van der Waals surface area contributed by atoms with Crippen molar-refractivity contribution in [2.45, 2.75) is 31.6 Å². The SMILES string of the molecule is CC(Br)c1nc2cc(F)ccc2n1C(C)C. The van der Waals surface area contributed by atoms with Crippen molar-refractivity contribution in [2.24, 2.45) is 0 Å². The highest BCUT2D eigenvalue weighted by molar-refractivity contribution is 9.09. The number of hydrogen-bond acceptors (Lipinski definition) is 1. The number of fused-ring (bicyclic) bond motifs is 1. The van der Waals surface area contributed by atoms with E-state index in [1.807, 2.05) is 6.92 Å². The van der Waals surface area contributed by atoms with Crippen LogP contribution in [0.1, 0.15) is 37.5 Å². The van der Waals surface area contributed by atoms with Gasteiger partial charge in [0.1, 0.15) is 11.6 Å². The summed E-state index contributed by atoms with van der Waals surface area (Å²) in [5.74, 6) is 0.699. The normalized spacial score (nSPS) is 13.6. The van der Waals surface area contributed by atoms with Crippen LogP contribution in [0.15, 0.2) is 18.2 Å². The fourth-order valence-corrected chi connectivity index (χ4v) is 2.24. The van der Waals surface area contributed by atoms with Gasteiger partial charge in [0.05, 0.1) is 15.9 Å². The molecule has 16 heavy (non-hydrogen) atoms. The Hall–Kier alpha value is -0.900. The quantitative estimate of drug-likeness (QED) is 0.756. The van der Waals surface area contributed by atoms with Crippen molar-refractivity contribution in [3.8, 4) is 0 Å². The van der Waals surface area contributed by atoms with E-state index in [0.29, 0.717) is 6.04 Å². The molecule has 0 radical (unpaired) electrons. The molecule has 1 atom stereocenters. The first-order chi connectivity index (χ1) is 7.50. The molecule has 2 aromatic rings. The summed E-state index contributed by atoms with van der Waals surface area (Å²) in [5, 5.41) is 0. The second-order valence-electron chi connectivity index (χ2n) is 4.18. The summed E-state index contributed by atoms with van der Waals surface area (Å²) in [7, 11) is 0. The Labute approximate surface area is 103 Å². The van der Waals surface area contributed by atoms with Crippen LogP contribution in [0.4, 0.5) is 4.39 Å². The zero-order valence-corrected chi connectivity index (χ0v) is 11.1. The molecule has 1 heterocycles. The smallest absolute Gasteiger partial charge is 0.125 e. The third-order valence-corrected chi connectivity index (χ3v) is 2.96. The average molecular weight is 285 g/mol. The molecule has 0 bridgehead atoms. The lowest BCUT2D eigenvalue weighted by atomic mass is 10.3. The Morgan fingerprint density at radius 1 is 1.31 bits per heavy atom. The van der Waals surface area contributed by atoms with Gasteiger partial charge in [0.25, 0.3) is 0 Å². The molecule has 0 amide bonds. The van der Waals surface area contributed by atoms with Crippen molar-refractivity contribution in [1.82, 2.24) is 9.55 Å². The third kappa shape index (κ3) is 1.86. The second-order valence-corrected chi connectivity index (χ2v) is 5.56. The summed E-state index contributed by atoms with van der Waals surface area (Å²) in [5.41, 5.74) is 1.70. The van der Waals surface area contributed by atoms with Gasteiger partial charge in [-0.15, -0.1) is 0 Å². The number of imidazole rings is 1. The monoisotopic (exact) mass is 284 g/mol. The first kappa shape index (κ1) is 11.6. The molecule has 1 aromatic heterocycles. The van der Waals surface area contributed by atoms with Crippen LogP contribution in [0.3, 0.4) is 0 Å². The van der Waals surface area contributed by atoms with E-state index in [-0.39, 0.29) is 10.6 Å². The van der Waals surface area contributed by atoms with Crippen molar-refractivity contribution in [3.05, 3.63) is 29.8 Å². The van der Waals surface area contributed by atoms with E-state index in [9.17, 15) is 4.39 Å². The maximum absolute atomic E-state index is 13.1. The van der Waals surface area contributed by atoms with E-state index in [4.69, 9.17) is 0 Å². The van der Waals surface area contributed by atoms with Crippen LogP contribution in [0.2, 0.25) is 0 Å². The lowest BCUT2D eigenvalue weighted by Crippen LogP contribution is -2.06. The van der Waals surface area contributed by atoms with E-state index in [0.717, 1.165) is 16.9 Å². The molecule has 0 N–H and O–H groups in total. The number of aromatic nitrogens is 2. The van der Waals surface area contributed by atoms with E-state index >= 15 is 0 Å². The average Bonchev–Trinajstić information content (AvgIpc) is 2.55. The highest BCUT2D eigenvalue weighted by Gasteiger charge is 2.16. The molecular weight excluding hydrogens is 271 g/mol. The number of benzene rings is 1. The van der Waals surface area contributed by atoms with Crippen LogP contribution in [-0.2, 0) is 0 Å². The van der Waals surface area contributed by atoms with Gasteiger partial charge in [-0.3, -0.25) is 0 Å². The predicted molar refractivity (Wildman–Crippen MR) is 67.4 cm³/mol. The molecule has 0 aliphatic carbocycles. The molecule has 0 fully saturated rings. The van der Waals surface area contributed by atoms with Crippen molar-refractivity contribution < 1.29 is 4.39 Å². The molecule has 1 unspecified atom stereocenters. The topological polar surface area (TPSA) is 17.8 Å². The Kier molecular flexibility index (Phi) is 3.02. The number of nitrogens with zero attached hydrogens (tertiary/aromatic N) is 2. The minimum absolute atomic E-state index is 0.158. The van der Waals surface area contributed by atoms with Crippen LogP contribution in [0.25, 0.3) is 11.0 Å². The maximum Gasteiger partial charge on any atom is 0.125 e. The Balaban J connectivity index is 2.75. The molecule has 2 nitrogen and oxygen atoms in total. The maximum atomic E-state index is 13.1. The molecule has 0 saturated carbocycles. The zero-order chi connectivity index (χ0) is 11.9. The Morgan fingerprint density at radius 3 is 2.56 bits per heavy atom. The fourth-order valence-electron chi connectivity index (χ4n) is 1.91. The number of alkyl halides is 1. The standard InChI is InChI=1S/C12H14BrFN2/c1-7(2)16-11-5-4-9(14)6-10(11)15-12(16)8(3)13/h4-8H,1-3H3. The summed E-state index contributed by atoms with van der Waals surface area (Å²) in [6, 6.07) is 5.06. The van der Waals surface area contributed by atoms with Crippen molar-refractivity contribution >= 4 is 27.0 Å². The van der Waals surface area contributed by atoms with Gasteiger partial charge in [-0.2, -0.15) is 0 Å². The molecule has 86 valence electrons. The van der Waals surface area contributed by atoms with Crippen molar-refractivity contribution in [1.29, 1.82) is 0 Å². The third-order valence-electron chi connectivity index (χ3n) is 2.55. The van der Waals surface area contributed by atoms with Crippen LogP contribution >= 0.6 is 15.9 Å². The first-order valence-corrected chi connectivity index (χ1v) is 6.23. The molecule has 0 saturated heterocycles. The highest BCUT2D eigenvalue weighted by Crippen LogP contribution is 2.29. The first-order valence-electron chi connectivity index (χ1n) is 5.32. The number of hydrogen-bond donors (Lipinski definition) is 0. The Bertz CT molecular complexity index is 517.